The number of rotatable bonds is 2. The summed E-state index contributed by atoms with van der Waals surface area (Å²) in [5.74, 6) is 0.0605. The molecule has 1 N–H and O–H groups in total. The van der Waals surface area contributed by atoms with E-state index >= 15 is 0 Å². The minimum Gasteiger partial charge on any atom is -0.354 e. The number of nitrogens with zero attached hydrogens (tertiary/aromatic N) is 2. The smallest absolute Gasteiger partial charge is 0.228 e. The molecule has 0 spiro atoms. The van der Waals surface area contributed by atoms with Crippen molar-refractivity contribution in [1.29, 1.82) is 0 Å². The summed E-state index contributed by atoms with van der Waals surface area (Å²) in [7, 11) is 0. The summed E-state index contributed by atoms with van der Waals surface area (Å²) in [4.78, 5) is 41.0. The van der Waals surface area contributed by atoms with E-state index < -0.39 is 0 Å². The lowest BCUT2D eigenvalue weighted by molar-refractivity contribution is -0.141. The Labute approximate surface area is 136 Å². The number of likely N-dealkylation sites (tertiary alicyclic amines) is 2. The third-order valence-electron chi connectivity index (χ3n) is 6.16. The SMILES string of the molecule is O=C1NCC2C1CCCN2C(=O)C1CC(=O)N(C2CCCC2)C1. The van der Waals surface area contributed by atoms with Crippen LogP contribution in [0.4, 0.5) is 0 Å². The molecule has 0 aromatic carbocycles. The van der Waals surface area contributed by atoms with Crippen molar-refractivity contribution < 1.29 is 14.4 Å². The first-order chi connectivity index (χ1) is 11.1. The van der Waals surface area contributed by atoms with Crippen LogP contribution in [-0.4, -0.2) is 59.2 Å². The highest BCUT2D eigenvalue weighted by Gasteiger charge is 2.46. The Morgan fingerprint density at radius 3 is 2.65 bits per heavy atom. The van der Waals surface area contributed by atoms with Gasteiger partial charge in [-0.3, -0.25) is 14.4 Å². The molecule has 6 nitrogen and oxygen atoms in total. The number of piperidine rings is 1. The van der Waals surface area contributed by atoms with Gasteiger partial charge in [0.15, 0.2) is 0 Å². The van der Waals surface area contributed by atoms with Crippen LogP contribution in [0.2, 0.25) is 0 Å². The molecule has 3 heterocycles. The highest BCUT2D eigenvalue weighted by molar-refractivity contribution is 5.91. The molecule has 3 atom stereocenters. The molecule has 4 rings (SSSR count). The first kappa shape index (κ1) is 15.0. The predicted molar refractivity (Wildman–Crippen MR) is 83.3 cm³/mol. The van der Waals surface area contributed by atoms with Gasteiger partial charge >= 0.3 is 0 Å². The van der Waals surface area contributed by atoms with Gasteiger partial charge in [0.2, 0.25) is 17.7 Å². The van der Waals surface area contributed by atoms with Crippen LogP contribution >= 0.6 is 0 Å². The van der Waals surface area contributed by atoms with Gasteiger partial charge in [0.05, 0.1) is 17.9 Å². The number of nitrogens with one attached hydrogen (secondary N) is 1. The van der Waals surface area contributed by atoms with E-state index in [2.05, 4.69) is 5.32 Å². The fraction of sp³-hybridized carbons (Fsp3) is 0.824. The molecule has 3 amide bonds. The van der Waals surface area contributed by atoms with Crippen LogP contribution in [0.5, 0.6) is 0 Å². The van der Waals surface area contributed by atoms with E-state index in [1.54, 1.807) is 0 Å². The lowest BCUT2D eigenvalue weighted by atomic mass is 9.90. The van der Waals surface area contributed by atoms with E-state index in [9.17, 15) is 14.4 Å². The summed E-state index contributed by atoms with van der Waals surface area (Å²) < 4.78 is 0. The van der Waals surface area contributed by atoms with Crippen molar-refractivity contribution in [1.82, 2.24) is 15.1 Å². The zero-order valence-electron chi connectivity index (χ0n) is 13.5. The van der Waals surface area contributed by atoms with Crippen molar-refractivity contribution in [3.8, 4) is 0 Å². The van der Waals surface area contributed by atoms with Gasteiger partial charge in [-0.05, 0) is 25.7 Å². The number of hydrogen-bond donors (Lipinski definition) is 1. The van der Waals surface area contributed by atoms with Gasteiger partial charge < -0.3 is 15.1 Å². The van der Waals surface area contributed by atoms with Gasteiger partial charge in [-0.15, -0.1) is 0 Å². The first-order valence-corrected chi connectivity index (χ1v) is 9.03. The van der Waals surface area contributed by atoms with E-state index in [0.29, 0.717) is 25.6 Å². The lowest BCUT2D eigenvalue weighted by Gasteiger charge is -2.37. The Morgan fingerprint density at radius 2 is 1.87 bits per heavy atom. The molecular formula is C17H25N3O3. The van der Waals surface area contributed by atoms with Crippen LogP contribution in [0.15, 0.2) is 0 Å². The Balaban J connectivity index is 1.45. The highest BCUT2D eigenvalue weighted by Crippen LogP contribution is 2.33. The fourth-order valence-corrected chi connectivity index (χ4v) is 4.93. The Morgan fingerprint density at radius 1 is 1.09 bits per heavy atom. The molecular weight excluding hydrogens is 294 g/mol. The van der Waals surface area contributed by atoms with Gasteiger partial charge in [0.1, 0.15) is 0 Å². The van der Waals surface area contributed by atoms with Gasteiger partial charge in [-0.25, -0.2) is 0 Å². The summed E-state index contributed by atoms with van der Waals surface area (Å²) in [6, 6.07) is 0.350. The van der Waals surface area contributed by atoms with E-state index in [4.69, 9.17) is 0 Å². The molecule has 0 aromatic heterocycles. The monoisotopic (exact) mass is 319 g/mol. The second-order valence-electron chi connectivity index (χ2n) is 7.48. The fourth-order valence-electron chi connectivity index (χ4n) is 4.93. The van der Waals surface area contributed by atoms with Crippen LogP contribution in [-0.2, 0) is 14.4 Å². The summed E-state index contributed by atoms with van der Waals surface area (Å²) in [6.45, 7) is 1.88. The maximum atomic E-state index is 13.0. The van der Waals surface area contributed by atoms with E-state index in [0.717, 1.165) is 32.2 Å². The van der Waals surface area contributed by atoms with Gasteiger partial charge in [0.25, 0.3) is 0 Å². The third kappa shape index (κ3) is 2.52. The van der Waals surface area contributed by atoms with Crippen LogP contribution in [0, 0.1) is 11.8 Å². The summed E-state index contributed by atoms with van der Waals surface area (Å²) in [5, 5.41) is 2.89. The molecule has 0 radical (unpaired) electrons. The third-order valence-corrected chi connectivity index (χ3v) is 6.16. The van der Waals surface area contributed by atoms with Gasteiger partial charge in [-0.2, -0.15) is 0 Å². The molecule has 4 fully saturated rings. The van der Waals surface area contributed by atoms with Crippen molar-refractivity contribution in [2.24, 2.45) is 11.8 Å². The van der Waals surface area contributed by atoms with Crippen LogP contribution < -0.4 is 5.32 Å². The van der Waals surface area contributed by atoms with Crippen molar-refractivity contribution in [3.63, 3.8) is 0 Å². The number of fused-ring (bicyclic) bond motifs is 1. The minimum absolute atomic E-state index is 0.000572. The molecule has 0 aromatic rings. The zero-order valence-corrected chi connectivity index (χ0v) is 13.5. The molecule has 0 bridgehead atoms. The largest absolute Gasteiger partial charge is 0.354 e. The minimum atomic E-state index is -0.211. The van der Waals surface area contributed by atoms with Crippen molar-refractivity contribution in [3.05, 3.63) is 0 Å². The maximum Gasteiger partial charge on any atom is 0.228 e. The second-order valence-corrected chi connectivity index (χ2v) is 7.48. The number of carbonyl (C=O) groups excluding carboxylic acids is 3. The predicted octanol–water partition coefficient (Wildman–Crippen LogP) is 0.514. The Bertz CT molecular complexity index is 529. The molecule has 126 valence electrons. The van der Waals surface area contributed by atoms with Crippen LogP contribution in [0.3, 0.4) is 0 Å². The van der Waals surface area contributed by atoms with E-state index in [1.807, 2.05) is 9.80 Å². The Kier molecular flexibility index (Phi) is 3.77. The standard InChI is InChI=1S/C17H25N3O3/c21-15-8-11(10-20(15)12-4-1-2-5-12)17(23)19-7-3-6-13-14(19)9-18-16(13)22/h11-14H,1-10H2,(H,18,22). The summed E-state index contributed by atoms with van der Waals surface area (Å²) in [6.07, 6.45) is 6.66. The summed E-state index contributed by atoms with van der Waals surface area (Å²) in [5.41, 5.74) is 0. The molecule has 3 saturated heterocycles. The number of hydrogen-bond acceptors (Lipinski definition) is 3. The van der Waals surface area contributed by atoms with Gasteiger partial charge in [-0.1, -0.05) is 12.8 Å². The topological polar surface area (TPSA) is 69.7 Å². The maximum absolute atomic E-state index is 13.0. The zero-order chi connectivity index (χ0) is 16.0. The van der Waals surface area contributed by atoms with E-state index in [1.165, 1.54) is 12.8 Å². The molecule has 6 heteroatoms. The average Bonchev–Trinajstić information content (AvgIpc) is 3.27. The van der Waals surface area contributed by atoms with Crippen LogP contribution in [0.25, 0.3) is 0 Å². The molecule has 1 saturated carbocycles. The molecule has 3 aliphatic heterocycles. The van der Waals surface area contributed by atoms with Crippen molar-refractivity contribution >= 4 is 17.7 Å². The molecule has 3 unspecified atom stereocenters. The van der Waals surface area contributed by atoms with Gasteiger partial charge in [0, 0.05) is 32.1 Å². The average molecular weight is 319 g/mol. The quantitative estimate of drug-likeness (QED) is 0.806. The molecule has 4 aliphatic rings. The second kappa shape index (κ2) is 5.80. The Hall–Kier alpha value is -1.59. The van der Waals surface area contributed by atoms with E-state index in [-0.39, 0.29) is 35.6 Å². The number of carbonyl (C=O) groups is 3. The lowest BCUT2D eigenvalue weighted by Crippen LogP contribution is -2.51. The number of amides is 3. The van der Waals surface area contributed by atoms with Crippen molar-refractivity contribution in [2.75, 3.05) is 19.6 Å². The first-order valence-electron chi connectivity index (χ1n) is 9.03. The summed E-state index contributed by atoms with van der Waals surface area (Å²) >= 11 is 0. The van der Waals surface area contributed by atoms with Crippen LogP contribution in [0.1, 0.15) is 44.9 Å². The molecule has 23 heavy (non-hydrogen) atoms. The normalized spacial score (nSPS) is 34.9. The highest BCUT2D eigenvalue weighted by atomic mass is 16.2. The molecule has 1 aliphatic carbocycles. The van der Waals surface area contributed by atoms with Crippen molar-refractivity contribution in [2.45, 2.75) is 57.0 Å².